The number of carbonyl (C=O) groups excluding carboxylic acids is 2. The Morgan fingerprint density at radius 2 is 2.03 bits per heavy atom. The summed E-state index contributed by atoms with van der Waals surface area (Å²) in [5, 5.41) is 6.56. The highest BCUT2D eigenvalue weighted by molar-refractivity contribution is 7.13. The number of fused-ring (bicyclic) bond motifs is 1. The van der Waals surface area contributed by atoms with Crippen molar-refractivity contribution in [3.63, 3.8) is 0 Å². The third-order valence-corrected chi connectivity index (χ3v) is 5.54. The molecule has 0 radical (unpaired) electrons. The normalized spacial score (nSPS) is 16.5. The molecule has 2 amide bonds. The Hall–Kier alpha value is -2.81. The second kappa shape index (κ2) is 8.69. The zero-order chi connectivity index (χ0) is 20.2. The first-order chi connectivity index (χ1) is 14.1. The SMILES string of the molecule is Cc1ccc(C(=O)NCC2COCCO2)cc1NC(=O)c1nsc2ccccc12. The van der Waals surface area contributed by atoms with Gasteiger partial charge in [-0.15, -0.1) is 0 Å². The van der Waals surface area contributed by atoms with Crippen LogP contribution in [0.15, 0.2) is 42.5 Å². The molecule has 0 bridgehead atoms. The molecule has 150 valence electrons. The van der Waals surface area contributed by atoms with Crippen LogP contribution in [0.1, 0.15) is 26.4 Å². The van der Waals surface area contributed by atoms with E-state index in [0.29, 0.717) is 43.3 Å². The number of amides is 2. The van der Waals surface area contributed by atoms with Gasteiger partial charge < -0.3 is 20.1 Å². The minimum absolute atomic E-state index is 0.143. The number of nitrogens with one attached hydrogen (secondary N) is 2. The number of aromatic nitrogens is 1. The highest BCUT2D eigenvalue weighted by Gasteiger charge is 2.18. The van der Waals surface area contributed by atoms with Gasteiger partial charge in [-0.25, -0.2) is 0 Å². The number of rotatable bonds is 5. The molecule has 1 unspecified atom stereocenters. The molecule has 1 aliphatic rings. The van der Waals surface area contributed by atoms with E-state index >= 15 is 0 Å². The quantitative estimate of drug-likeness (QED) is 0.674. The van der Waals surface area contributed by atoms with E-state index < -0.39 is 0 Å². The van der Waals surface area contributed by atoms with Crippen LogP contribution < -0.4 is 10.6 Å². The van der Waals surface area contributed by atoms with Crippen molar-refractivity contribution >= 4 is 39.1 Å². The molecular weight excluding hydrogens is 390 g/mol. The van der Waals surface area contributed by atoms with Crippen molar-refractivity contribution < 1.29 is 19.1 Å². The number of ether oxygens (including phenoxy) is 2. The number of nitrogens with zero attached hydrogens (tertiary/aromatic N) is 1. The van der Waals surface area contributed by atoms with Crippen molar-refractivity contribution in [1.82, 2.24) is 9.69 Å². The Bertz CT molecular complexity index is 1040. The third-order valence-electron chi connectivity index (χ3n) is 4.72. The van der Waals surface area contributed by atoms with Gasteiger partial charge in [0.05, 0.1) is 30.6 Å². The van der Waals surface area contributed by atoms with Gasteiger partial charge in [-0.05, 0) is 42.2 Å². The maximum Gasteiger partial charge on any atom is 0.276 e. The first kappa shape index (κ1) is 19.5. The number of anilines is 1. The lowest BCUT2D eigenvalue weighted by Gasteiger charge is -2.23. The van der Waals surface area contributed by atoms with Crippen LogP contribution in [0.4, 0.5) is 5.69 Å². The van der Waals surface area contributed by atoms with Gasteiger partial charge in [-0.1, -0.05) is 24.3 Å². The molecule has 2 aromatic carbocycles. The Balaban J connectivity index is 1.46. The standard InChI is InChI=1S/C21H21N3O4S/c1-13-6-7-14(20(25)22-11-15-12-27-8-9-28-15)10-17(13)23-21(26)19-16-4-2-3-5-18(16)29-24-19/h2-7,10,15H,8-9,11-12H2,1H3,(H,22,25)(H,23,26). The molecule has 1 fully saturated rings. The first-order valence-corrected chi connectivity index (χ1v) is 10.1. The Morgan fingerprint density at radius 1 is 1.17 bits per heavy atom. The molecule has 2 heterocycles. The third kappa shape index (κ3) is 4.45. The molecule has 2 N–H and O–H groups in total. The molecule has 1 saturated heterocycles. The van der Waals surface area contributed by atoms with E-state index in [1.165, 1.54) is 11.5 Å². The van der Waals surface area contributed by atoms with Crippen molar-refractivity contribution in [3.05, 3.63) is 59.3 Å². The molecule has 1 aliphatic heterocycles. The summed E-state index contributed by atoms with van der Waals surface area (Å²) < 4.78 is 16.1. The summed E-state index contributed by atoms with van der Waals surface area (Å²) in [6.45, 7) is 3.84. The minimum atomic E-state index is -0.295. The first-order valence-electron chi connectivity index (χ1n) is 9.36. The van der Waals surface area contributed by atoms with Gasteiger partial charge in [0, 0.05) is 23.2 Å². The Morgan fingerprint density at radius 3 is 2.86 bits per heavy atom. The zero-order valence-corrected chi connectivity index (χ0v) is 16.8. The van der Waals surface area contributed by atoms with Gasteiger partial charge in [0.25, 0.3) is 11.8 Å². The smallest absolute Gasteiger partial charge is 0.276 e. The molecule has 0 aliphatic carbocycles. The summed E-state index contributed by atoms with van der Waals surface area (Å²) in [6, 6.07) is 12.8. The van der Waals surface area contributed by atoms with E-state index in [4.69, 9.17) is 9.47 Å². The Kier molecular flexibility index (Phi) is 5.84. The largest absolute Gasteiger partial charge is 0.376 e. The summed E-state index contributed by atoms with van der Waals surface area (Å²) in [6.07, 6.45) is -0.143. The lowest BCUT2D eigenvalue weighted by molar-refractivity contribution is -0.0855. The van der Waals surface area contributed by atoms with Gasteiger partial charge in [0.1, 0.15) is 5.69 Å². The van der Waals surface area contributed by atoms with E-state index in [2.05, 4.69) is 15.0 Å². The summed E-state index contributed by atoms with van der Waals surface area (Å²) >= 11 is 1.29. The van der Waals surface area contributed by atoms with E-state index in [0.717, 1.165) is 15.6 Å². The fourth-order valence-electron chi connectivity index (χ4n) is 3.09. The molecule has 1 aromatic heterocycles. The number of hydrogen-bond acceptors (Lipinski definition) is 6. The van der Waals surface area contributed by atoms with Crippen LogP contribution >= 0.6 is 11.5 Å². The molecule has 0 saturated carbocycles. The lowest BCUT2D eigenvalue weighted by Crippen LogP contribution is -2.39. The van der Waals surface area contributed by atoms with Crippen molar-refractivity contribution in [3.8, 4) is 0 Å². The van der Waals surface area contributed by atoms with Gasteiger partial charge >= 0.3 is 0 Å². The average molecular weight is 411 g/mol. The fourth-order valence-corrected chi connectivity index (χ4v) is 3.87. The highest BCUT2D eigenvalue weighted by atomic mass is 32.1. The van der Waals surface area contributed by atoms with Crippen LogP contribution in [0, 0.1) is 6.92 Å². The molecule has 0 spiro atoms. The number of aryl methyl sites for hydroxylation is 1. The van der Waals surface area contributed by atoms with Crippen LogP contribution in [-0.2, 0) is 9.47 Å². The van der Waals surface area contributed by atoms with E-state index in [1.807, 2.05) is 37.3 Å². The molecule has 1 atom stereocenters. The molecule has 3 aromatic rings. The number of carbonyl (C=O) groups is 2. The predicted molar refractivity (Wildman–Crippen MR) is 112 cm³/mol. The van der Waals surface area contributed by atoms with Gasteiger partial charge in [0.15, 0.2) is 0 Å². The second-order valence-corrected chi connectivity index (χ2v) is 7.59. The van der Waals surface area contributed by atoms with E-state index in [9.17, 15) is 9.59 Å². The molecule has 8 heteroatoms. The monoisotopic (exact) mass is 411 g/mol. The predicted octanol–water partition coefficient (Wildman–Crippen LogP) is 3.00. The summed E-state index contributed by atoms with van der Waals surface area (Å²) in [4.78, 5) is 25.3. The summed E-state index contributed by atoms with van der Waals surface area (Å²) in [5.74, 6) is -0.523. The van der Waals surface area contributed by atoms with Gasteiger partial charge in [-0.3, -0.25) is 9.59 Å². The van der Waals surface area contributed by atoms with Crippen molar-refractivity contribution in [1.29, 1.82) is 0 Å². The topological polar surface area (TPSA) is 89.5 Å². The summed E-state index contributed by atoms with van der Waals surface area (Å²) in [7, 11) is 0. The van der Waals surface area contributed by atoms with Gasteiger partial charge in [-0.2, -0.15) is 4.37 Å². The molecular formula is C21H21N3O4S. The molecule has 7 nitrogen and oxygen atoms in total. The molecule has 29 heavy (non-hydrogen) atoms. The van der Waals surface area contributed by atoms with E-state index in [1.54, 1.807) is 12.1 Å². The second-order valence-electron chi connectivity index (χ2n) is 6.79. The van der Waals surface area contributed by atoms with E-state index in [-0.39, 0.29) is 17.9 Å². The van der Waals surface area contributed by atoms with Crippen LogP contribution in [0.2, 0.25) is 0 Å². The highest BCUT2D eigenvalue weighted by Crippen LogP contribution is 2.24. The summed E-state index contributed by atoms with van der Waals surface area (Å²) in [5.41, 5.74) is 2.29. The maximum atomic E-state index is 12.8. The molecule has 4 rings (SSSR count). The van der Waals surface area contributed by atoms with Crippen molar-refractivity contribution in [2.45, 2.75) is 13.0 Å². The van der Waals surface area contributed by atoms with Crippen LogP contribution in [-0.4, -0.2) is 48.7 Å². The lowest BCUT2D eigenvalue weighted by atomic mass is 10.1. The zero-order valence-electron chi connectivity index (χ0n) is 15.9. The minimum Gasteiger partial charge on any atom is -0.376 e. The fraction of sp³-hybridized carbons (Fsp3) is 0.286. The number of benzene rings is 2. The van der Waals surface area contributed by atoms with Crippen LogP contribution in [0.3, 0.4) is 0 Å². The van der Waals surface area contributed by atoms with Crippen molar-refractivity contribution in [2.24, 2.45) is 0 Å². The van der Waals surface area contributed by atoms with Crippen molar-refractivity contribution in [2.75, 3.05) is 31.7 Å². The van der Waals surface area contributed by atoms with Crippen LogP contribution in [0.5, 0.6) is 0 Å². The maximum absolute atomic E-state index is 12.8. The van der Waals surface area contributed by atoms with Gasteiger partial charge in [0.2, 0.25) is 0 Å². The van der Waals surface area contributed by atoms with Crippen LogP contribution in [0.25, 0.3) is 10.1 Å². The Labute approximate surface area is 172 Å². The average Bonchev–Trinajstić information content (AvgIpc) is 3.18. The number of hydrogen-bond donors (Lipinski definition) is 2.